The first-order valence-electron chi connectivity index (χ1n) is 11.1. The summed E-state index contributed by atoms with van der Waals surface area (Å²) in [7, 11) is 0. The molecule has 2 fully saturated rings. The Morgan fingerprint density at radius 1 is 0.935 bits per heavy atom. The molecule has 31 heavy (non-hydrogen) atoms. The molecule has 1 aliphatic heterocycles. The van der Waals surface area contributed by atoms with Crippen LogP contribution in [0.5, 0.6) is 0 Å². The van der Waals surface area contributed by atoms with Crippen LogP contribution in [0.15, 0.2) is 36.8 Å². The summed E-state index contributed by atoms with van der Waals surface area (Å²) in [6.07, 6.45) is 11.5. The zero-order valence-corrected chi connectivity index (χ0v) is 17.5. The highest BCUT2D eigenvalue weighted by molar-refractivity contribution is 5.93. The molecule has 1 saturated carbocycles. The molecule has 4 heterocycles. The molecule has 1 amide bonds. The van der Waals surface area contributed by atoms with Crippen LogP contribution in [-0.4, -0.2) is 45.0 Å². The minimum absolute atomic E-state index is 0.0584. The summed E-state index contributed by atoms with van der Waals surface area (Å²) < 4.78 is 0. The van der Waals surface area contributed by atoms with Gasteiger partial charge in [0.05, 0.1) is 23.6 Å². The van der Waals surface area contributed by atoms with Gasteiger partial charge in [0.2, 0.25) is 5.91 Å². The van der Waals surface area contributed by atoms with Gasteiger partial charge in [0.1, 0.15) is 17.3 Å². The van der Waals surface area contributed by atoms with E-state index in [1.807, 2.05) is 18.2 Å². The van der Waals surface area contributed by atoms with Crippen LogP contribution in [-0.2, 0) is 4.79 Å². The first-order chi connectivity index (χ1) is 15.2. The van der Waals surface area contributed by atoms with Crippen molar-refractivity contribution in [3.8, 4) is 11.4 Å². The van der Waals surface area contributed by atoms with Crippen LogP contribution in [0, 0.1) is 5.92 Å². The van der Waals surface area contributed by atoms with Crippen molar-refractivity contribution in [3.63, 3.8) is 0 Å². The van der Waals surface area contributed by atoms with Gasteiger partial charge in [-0.1, -0.05) is 12.8 Å². The van der Waals surface area contributed by atoms with Crippen LogP contribution >= 0.6 is 0 Å². The Labute approximate surface area is 181 Å². The van der Waals surface area contributed by atoms with Gasteiger partial charge in [0.15, 0.2) is 0 Å². The minimum Gasteiger partial charge on any atom is -0.366 e. The Kier molecular flexibility index (Phi) is 5.71. The van der Waals surface area contributed by atoms with Gasteiger partial charge in [-0.2, -0.15) is 0 Å². The fourth-order valence-corrected chi connectivity index (χ4v) is 4.38. The van der Waals surface area contributed by atoms with Gasteiger partial charge >= 0.3 is 0 Å². The van der Waals surface area contributed by atoms with Crippen molar-refractivity contribution in [2.24, 2.45) is 5.92 Å². The first-order valence-corrected chi connectivity index (χ1v) is 11.1. The molecule has 8 heteroatoms. The number of pyridine rings is 2. The Morgan fingerprint density at radius 2 is 1.77 bits per heavy atom. The van der Waals surface area contributed by atoms with Crippen molar-refractivity contribution in [1.82, 2.24) is 25.3 Å². The minimum atomic E-state index is 0.0584. The second-order valence-corrected chi connectivity index (χ2v) is 8.39. The van der Waals surface area contributed by atoms with Gasteiger partial charge in [-0.3, -0.25) is 9.78 Å². The average Bonchev–Trinajstić information content (AvgIpc) is 3.35. The molecule has 160 valence electrons. The number of nitrogens with one attached hydrogen (secondary N) is 3. The highest BCUT2D eigenvalue weighted by Gasteiger charge is 2.23. The summed E-state index contributed by atoms with van der Waals surface area (Å²) in [5, 5.41) is 10.7. The van der Waals surface area contributed by atoms with Crippen LogP contribution in [0.3, 0.4) is 0 Å². The number of aromatic nitrogens is 4. The second-order valence-electron chi connectivity index (χ2n) is 8.39. The summed E-state index contributed by atoms with van der Waals surface area (Å²) in [6.45, 7) is 2.04. The number of hydrogen-bond acceptors (Lipinski definition) is 7. The highest BCUT2D eigenvalue weighted by Crippen LogP contribution is 2.26. The van der Waals surface area contributed by atoms with Gasteiger partial charge in [0.25, 0.3) is 0 Å². The van der Waals surface area contributed by atoms with Crippen molar-refractivity contribution in [1.29, 1.82) is 0 Å². The van der Waals surface area contributed by atoms with E-state index in [1.165, 1.54) is 0 Å². The van der Waals surface area contributed by atoms with E-state index < -0.39 is 0 Å². The van der Waals surface area contributed by atoms with Crippen molar-refractivity contribution in [2.45, 2.75) is 44.6 Å². The Morgan fingerprint density at radius 3 is 2.61 bits per heavy atom. The van der Waals surface area contributed by atoms with Gasteiger partial charge in [0, 0.05) is 29.6 Å². The number of fused-ring (bicyclic) bond motifs is 1. The Balaban J connectivity index is 1.36. The highest BCUT2D eigenvalue weighted by atomic mass is 16.1. The predicted molar refractivity (Wildman–Crippen MR) is 121 cm³/mol. The largest absolute Gasteiger partial charge is 0.366 e. The van der Waals surface area contributed by atoms with E-state index >= 15 is 0 Å². The number of rotatable bonds is 5. The molecule has 2 aliphatic rings. The number of carbonyl (C=O) groups excluding carboxylic acids is 1. The molecule has 0 aromatic carbocycles. The van der Waals surface area contributed by atoms with E-state index in [0.29, 0.717) is 17.6 Å². The molecule has 0 spiro atoms. The van der Waals surface area contributed by atoms with Crippen molar-refractivity contribution in [2.75, 3.05) is 23.7 Å². The van der Waals surface area contributed by atoms with Crippen LogP contribution in [0.2, 0.25) is 0 Å². The molecular weight excluding hydrogens is 390 g/mol. The normalized spacial score (nSPS) is 17.7. The number of amides is 1. The van der Waals surface area contributed by atoms with Gasteiger partial charge in [-0.15, -0.1) is 0 Å². The number of piperidine rings is 1. The zero-order valence-electron chi connectivity index (χ0n) is 17.5. The van der Waals surface area contributed by atoms with Crippen molar-refractivity contribution in [3.05, 3.63) is 36.8 Å². The Hall–Kier alpha value is -3.13. The molecular formula is C23H27N7O. The first kappa shape index (κ1) is 19.8. The van der Waals surface area contributed by atoms with Crippen LogP contribution in [0.1, 0.15) is 38.5 Å². The van der Waals surface area contributed by atoms with E-state index in [0.717, 1.165) is 74.0 Å². The third-order valence-corrected chi connectivity index (χ3v) is 6.14. The van der Waals surface area contributed by atoms with Crippen LogP contribution in [0.25, 0.3) is 22.3 Å². The molecule has 3 aromatic rings. The standard InChI is InChI=1S/C23H27N7O/c31-23(15-3-1-2-4-15)30-21-11-19-16(12-26-21)5-6-18(28-19)20-13-25-14-22(29-20)27-17-7-9-24-10-8-17/h5-6,11-15,17,24H,1-4,7-10H2,(H,27,29)(H,26,30,31). The zero-order chi connectivity index (χ0) is 21.0. The molecule has 3 aromatic heterocycles. The lowest BCUT2D eigenvalue weighted by Crippen LogP contribution is -2.35. The Bertz CT molecular complexity index is 1070. The summed E-state index contributed by atoms with van der Waals surface area (Å²) in [6, 6.07) is 6.14. The third kappa shape index (κ3) is 4.64. The molecule has 3 N–H and O–H groups in total. The van der Waals surface area contributed by atoms with E-state index in [2.05, 4.69) is 25.9 Å². The molecule has 8 nitrogen and oxygen atoms in total. The molecule has 1 aliphatic carbocycles. The topological polar surface area (TPSA) is 105 Å². The number of nitrogens with zero attached hydrogens (tertiary/aromatic N) is 4. The molecule has 0 bridgehead atoms. The summed E-state index contributed by atoms with van der Waals surface area (Å²) >= 11 is 0. The fraction of sp³-hybridized carbons (Fsp3) is 0.435. The maximum Gasteiger partial charge on any atom is 0.228 e. The van der Waals surface area contributed by atoms with E-state index in [1.54, 1.807) is 18.6 Å². The second kappa shape index (κ2) is 8.93. The number of anilines is 2. The maximum atomic E-state index is 12.4. The van der Waals surface area contributed by atoms with E-state index in [-0.39, 0.29) is 11.8 Å². The third-order valence-electron chi connectivity index (χ3n) is 6.14. The van der Waals surface area contributed by atoms with Gasteiger partial charge < -0.3 is 16.0 Å². The lowest BCUT2D eigenvalue weighted by atomic mass is 10.1. The summed E-state index contributed by atoms with van der Waals surface area (Å²) in [4.78, 5) is 30.7. The SMILES string of the molecule is O=C(Nc1cc2nc(-c3cncc(NC4CCNCC4)n3)ccc2cn1)C1CCCC1. The monoisotopic (exact) mass is 417 g/mol. The number of carbonyl (C=O) groups is 1. The van der Waals surface area contributed by atoms with Crippen LogP contribution < -0.4 is 16.0 Å². The quantitative estimate of drug-likeness (QED) is 0.584. The molecule has 0 unspecified atom stereocenters. The summed E-state index contributed by atoms with van der Waals surface area (Å²) in [5.41, 5.74) is 2.23. The number of hydrogen-bond donors (Lipinski definition) is 3. The van der Waals surface area contributed by atoms with E-state index in [4.69, 9.17) is 9.97 Å². The summed E-state index contributed by atoms with van der Waals surface area (Å²) in [5.74, 6) is 1.47. The molecule has 0 atom stereocenters. The lowest BCUT2D eigenvalue weighted by molar-refractivity contribution is -0.119. The van der Waals surface area contributed by atoms with Gasteiger partial charge in [-0.05, 0) is 50.9 Å². The maximum absolute atomic E-state index is 12.4. The molecule has 0 radical (unpaired) electrons. The smallest absolute Gasteiger partial charge is 0.228 e. The van der Waals surface area contributed by atoms with Crippen molar-refractivity contribution >= 4 is 28.4 Å². The lowest BCUT2D eigenvalue weighted by Gasteiger charge is -2.24. The van der Waals surface area contributed by atoms with Crippen molar-refractivity contribution < 1.29 is 4.79 Å². The van der Waals surface area contributed by atoms with E-state index in [9.17, 15) is 4.79 Å². The average molecular weight is 418 g/mol. The predicted octanol–water partition coefficient (Wildman–Crippen LogP) is 3.38. The molecule has 1 saturated heterocycles. The fourth-order valence-electron chi connectivity index (χ4n) is 4.38. The molecule has 5 rings (SSSR count). The van der Waals surface area contributed by atoms with Gasteiger partial charge in [-0.25, -0.2) is 15.0 Å². The van der Waals surface area contributed by atoms with Crippen LogP contribution in [0.4, 0.5) is 11.6 Å².